The van der Waals surface area contributed by atoms with Crippen molar-refractivity contribution in [3.8, 4) is 0 Å². The van der Waals surface area contributed by atoms with E-state index in [4.69, 9.17) is 5.73 Å². The van der Waals surface area contributed by atoms with Crippen molar-refractivity contribution in [2.24, 2.45) is 11.7 Å². The summed E-state index contributed by atoms with van der Waals surface area (Å²) >= 11 is 0. The molecule has 0 spiro atoms. The number of rotatable bonds is 6. The molecule has 0 unspecified atom stereocenters. The molecule has 0 bridgehead atoms. The molecule has 0 saturated carbocycles. The fraction of sp³-hybridized carbons (Fsp3) is 0.538. The molecule has 18 heavy (non-hydrogen) atoms. The first-order valence-corrected chi connectivity index (χ1v) is 7.59. The molecular formula is C13H22N2O2S. The van der Waals surface area contributed by atoms with Crippen LogP contribution in [0.25, 0.3) is 0 Å². The summed E-state index contributed by atoms with van der Waals surface area (Å²) in [6, 6.07) is 6.91. The Kier molecular flexibility index (Phi) is 5.31. The van der Waals surface area contributed by atoms with Gasteiger partial charge < -0.3 is 5.73 Å². The van der Waals surface area contributed by atoms with Crippen LogP contribution in [0.3, 0.4) is 0 Å². The Labute approximate surface area is 110 Å². The quantitative estimate of drug-likeness (QED) is 0.854. The van der Waals surface area contributed by atoms with Crippen LogP contribution < -0.4 is 5.73 Å². The Morgan fingerprint density at radius 3 is 2.22 bits per heavy atom. The van der Waals surface area contributed by atoms with Gasteiger partial charge in [0.15, 0.2) is 0 Å². The van der Waals surface area contributed by atoms with E-state index in [1.54, 1.807) is 12.1 Å². The third-order valence-electron chi connectivity index (χ3n) is 2.61. The van der Waals surface area contributed by atoms with Crippen LogP contribution >= 0.6 is 0 Å². The second-order valence-corrected chi connectivity index (χ2v) is 6.80. The molecule has 1 aromatic rings. The minimum Gasteiger partial charge on any atom is -0.329 e. The van der Waals surface area contributed by atoms with E-state index in [-0.39, 0.29) is 5.92 Å². The molecule has 5 heteroatoms. The van der Waals surface area contributed by atoms with Gasteiger partial charge in [-0.05, 0) is 25.0 Å². The summed E-state index contributed by atoms with van der Waals surface area (Å²) in [6.07, 6.45) is 0. The number of nitrogens with two attached hydrogens (primary N) is 1. The van der Waals surface area contributed by atoms with Crippen LogP contribution in [0.2, 0.25) is 0 Å². The topological polar surface area (TPSA) is 63.4 Å². The van der Waals surface area contributed by atoms with Crippen molar-refractivity contribution >= 4 is 10.0 Å². The van der Waals surface area contributed by atoms with Gasteiger partial charge in [-0.3, -0.25) is 0 Å². The summed E-state index contributed by atoms with van der Waals surface area (Å²) in [7, 11) is -3.42. The maximum Gasteiger partial charge on any atom is 0.243 e. The van der Waals surface area contributed by atoms with E-state index in [0.717, 1.165) is 5.56 Å². The lowest BCUT2D eigenvalue weighted by Gasteiger charge is -2.23. The fourth-order valence-electron chi connectivity index (χ4n) is 1.72. The van der Waals surface area contributed by atoms with E-state index in [1.165, 1.54) is 4.31 Å². The van der Waals surface area contributed by atoms with Gasteiger partial charge in [-0.1, -0.05) is 31.5 Å². The molecule has 0 atom stereocenters. The first-order chi connectivity index (χ1) is 8.37. The molecule has 0 aliphatic heterocycles. The van der Waals surface area contributed by atoms with Crippen molar-refractivity contribution in [3.63, 3.8) is 0 Å². The van der Waals surface area contributed by atoms with E-state index >= 15 is 0 Å². The zero-order chi connectivity index (χ0) is 13.8. The van der Waals surface area contributed by atoms with E-state index in [0.29, 0.717) is 24.5 Å². The van der Waals surface area contributed by atoms with Crippen molar-refractivity contribution in [2.75, 3.05) is 19.6 Å². The molecule has 0 aromatic heterocycles. The van der Waals surface area contributed by atoms with Crippen LogP contribution in [0.1, 0.15) is 19.4 Å². The van der Waals surface area contributed by atoms with Crippen LogP contribution in [-0.2, 0) is 10.0 Å². The molecule has 1 rings (SSSR count). The molecule has 0 heterocycles. The number of nitrogens with zero attached hydrogens (tertiary/aromatic N) is 1. The second kappa shape index (κ2) is 6.31. The number of hydrogen-bond acceptors (Lipinski definition) is 3. The molecule has 1 aromatic carbocycles. The van der Waals surface area contributed by atoms with Crippen molar-refractivity contribution < 1.29 is 8.42 Å². The minimum atomic E-state index is -3.42. The summed E-state index contributed by atoms with van der Waals surface area (Å²) in [4.78, 5) is 0.335. The van der Waals surface area contributed by atoms with Crippen molar-refractivity contribution in [2.45, 2.75) is 25.7 Å². The van der Waals surface area contributed by atoms with E-state index in [9.17, 15) is 8.42 Å². The van der Waals surface area contributed by atoms with Gasteiger partial charge >= 0.3 is 0 Å². The third kappa shape index (κ3) is 3.80. The Morgan fingerprint density at radius 2 is 1.78 bits per heavy atom. The number of benzene rings is 1. The molecule has 0 aliphatic carbocycles. The second-order valence-electron chi connectivity index (χ2n) is 4.86. The molecular weight excluding hydrogens is 248 g/mol. The predicted octanol–water partition coefficient (Wildman–Crippen LogP) is 1.60. The van der Waals surface area contributed by atoms with Crippen LogP contribution in [0.15, 0.2) is 29.2 Å². The molecule has 2 N–H and O–H groups in total. The monoisotopic (exact) mass is 270 g/mol. The van der Waals surface area contributed by atoms with E-state index in [1.807, 2.05) is 32.9 Å². The Bertz CT molecular complexity index is 466. The Hall–Kier alpha value is -0.910. The van der Waals surface area contributed by atoms with Gasteiger partial charge in [0.1, 0.15) is 0 Å². The lowest BCUT2D eigenvalue weighted by Crippen LogP contribution is -2.37. The standard InChI is InChI=1S/C13H22N2O2S/c1-11(2)10-15(9-8-14)18(16,17)13-6-4-12(3)5-7-13/h4-7,11H,8-10,14H2,1-3H3. The molecule has 0 radical (unpaired) electrons. The molecule has 0 saturated heterocycles. The summed E-state index contributed by atoms with van der Waals surface area (Å²) in [5.41, 5.74) is 6.54. The molecule has 0 fully saturated rings. The normalized spacial score (nSPS) is 12.3. The van der Waals surface area contributed by atoms with Crippen molar-refractivity contribution in [1.82, 2.24) is 4.31 Å². The first-order valence-electron chi connectivity index (χ1n) is 6.15. The predicted molar refractivity (Wildman–Crippen MR) is 73.8 cm³/mol. The summed E-state index contributed by atoms with van der Waals surface area (Å²) in [5, 5.41) is 0. The summed E-state index contributed by atoms with van der Waals surface area (Å²) in [6.45, 7) is 7.10. The van der Waals surface area contributed by atoms with Gasteiger partial charge in [-0.2, -0.15) is 4.31 Å². The number of sulfonamides is 1. The van der Waals surface area contributed by atoms with Gasteiger partial charge in [0.2, 0.25) is 10.0 Å². The summed E-state index contributed by atoms with van der Waals surface area (Å²) < 4.78 is 26.3. The van der Waals surface area contributed by atoms with E-state index < -0.39 is 10.0 Å². The molecule has 0 amide bonds. The SMILES string of the molecule is Cc1ccc(S(=O)(=O)N(CCN)CC(C)C)cc1. The van der Waals surface area contributed by atoms with Crippen LogP contribution in [0.5, 0.6) is 0 Å². The maximum atomic E-state index is 12.4. The lowest BCUT2D eigenvalue weighted by atomic mass is 10.2. The smallest absolute Gasteiger partial charge is 0.243 e. The maximum absolute atomic E-state index is 12.4. The molecule has 4 nitrogen and oxygen atoms in total. The highest BCUT2D eigenvalue weighted by Crippen LogP contribution is 2.17. The lowest BCUT2D eigenvalue weighted by molar-refractivity contribution is 0.373. The first kappa shape index (κ1) is 15.1. The number of hydrogen-bond donors (Lipinski definition) is 1. The zero-order valence-corrected chi connectivity index (χ0v) is 12.1. The number of aryl methyl sites for hydroxylation is 1. The van der Waals surface area contributed by atoms with E-state index in [2.05, 4.69) is 0 Å². The Morgan fingerprint density at radius 1 is 1.22 bits per heavy atom. The van der Waals surface area contributed by atoms with Gasteiger partial charge in [-0.25, -0.2) is 8.42 Å². The highest BCUT2D eigenvalue weighted by atomic mass is 32.2. The largest absolute Gasteiger partial charge is 0.329 e. The zero-order valence-electron chi connectivity index (χ0n) is 11.3. The third-order valence-corrected chi connectivity index (χ3v) is 4.49. The van der Waals surface area contributed by atoms with Crippen molar-refractivity contribution in [1.29, 1.82) is 0 Å². The van der Waals surface area contributed by atoms with Gasteiger partial charge in [0, 0.05) is 19.6 Å². The minimum absolute atomic E-state index is 0.275. The van der Waals surface area contributed by atoms with Gasteiger partial charge in [-0.15, -0.1) is 0 Å². The van der Waals surface area contributed by atoms with Gasteiger partial charge in [0.25, 0.3) is 0 Å². The molecule has 102 valence electrons. The van der Waals surface area contributed by atoms with Gasteiger partial charge in [0.05, 0.1) is 4.90 Å². The highest BCUT2D eigenvalue weighted by Gasteiger charge is 2.24. The van der Waals surface area contributed by atoms with Crippen LogP contribution in [0, 0.1) is 12.8 Å². The fourth-order valence-corrected chi connectivity index (χ4v) is 3.34. The average Bonchev–Trinajstić information content (AvgIpc) is 2.28. The molecule has 0 aliphatic rings. The highest BCUT2D eigenvalue weighted by molar-refractivity contribution is 7.89. The van der Waals surface area contributed by atoms with Crippen LogP contribution in [0.4, 0.5) is 0 Å². The van der Waals surface area contributed by atoms with Crippen LogP contribution in [-0.4, -0.2) is 32.4 Å². The average molecular weight is 270 g/mol. The van der Waals surface area contributed by atoms with Crippen molar-refractivity contribution in [3.05, 3.63) is 29.8 Å². The summed E-state index contributed by atoms with van der Waals surface area (Å²) in [5.74, 6) is 0.275. The Balaban J connectivity index is 3.04.